The molecule has 32 heavy (non-hydrogen) atoms. The molecule has 1 atom stereocenters. The van der Waals surface area contributed by atoms with Crippen molar-refractivity contribution in [3.63, 3.8) is 0 Å². The number of amides is 1. The second-order valence-electron chi connectivity index (χ2n) is 7.44. The maximum absolute atomic E-state index is 12.9. The summed E-state index contributed by atoms with van der Waals surface area (Å²) >= 11 is 1.41. The van der Waals surface area contributed by atoms with E-state index in [-0.39, 0.29) is 23.6 Å². The molecular formula is C23H26N4O4S. The highest BCUT2D eigenvalue weighted by Gasteiger charge is 2.24. The lowest BCUT2D eigenvalue weighted by Crippen LogP contribution is -2.28. The van der Waals surface area contributed by atoms with Gasteiger partial charge in [-0.15, -0.1) is 10.2 Å². The van der Waals surface area contributed by atoms with Gasteiger partial charge in [0.15, 0.2) is 11.4 Å². The number of nitrogens with zero attached hydrogens (tertiary/aromatic N) is 3. The SMILES string of the molecule is CCC(=O)Oc1c(OC)ccnc1C(=O)N[C@@H](C)c1nnc(-c2cccc(C(C)C)c2)s1. The first-order chi connectivity index (χ1) is 15.3. The van der Waals surface area contributed by atoms with Crippen LogP contribution in [0, 0.1) is 0 Å². The highest BCUT2D eigenvalue weighted by Crippen LogP contribution is 2.32. The molecule has 1 aromatic carbocycles. The molecule has 2 aromatic heterocycles. The van der Waals surface area contributed by atoms with Gasteiger partial charge in [0.05, 0.1) is 13.2 Å². The summed E-state index contributed by atoms with van der Waals surface area (Å²) < 4.78 is 10.5. The van der Waals surface area contributed by atoms with Crippen LogP contribution in [0.3, 0.4) is 0 Å². The summed E-state index contributed by atoms with van der Waals surface area (Å²) in [5, 5.41) is 12.8. The van der Waals surface area contributed by atoms with Crippen LogP contribution in [0.5, 0.6) is 11.5 Å². The lowest BCUT2D eigenvalue weighted by molar-refractivity contribution is -0.134. The fraction of sp³-hybridized carbons (Fsp3) is 0.348. The van der Waals surface area contributed by atoms with Gasteiger partial charge in [-0.3, -0.25) is 9.59 Å². The molecule has 0 bridgehead atoms. The number of carbonyl (C=O) groups excluding carboxylic acids is 2. The Morgan fingerprint density at radius 3 is 2.62 bits per heavy atom. The Bertz CT molecular complexity index is 1110. The summed E-state index contributed by atoms with van der Waals surface area (Å²) in [4.78, 5) is 28.8. The van der Waals surface area contributed by atoms with Crippen molar-refractivity contribution in [3.8, 4) is 22.1 Å². The third-order valence-corrected chi connectivity index (χ3v) is 5.92. The van der Waals surface area contributed by atoms with E-state index in [0.29, 0.717) is 10.9 Å². The molecule has 1 N–H and O–H groups in total. The molecule has 1 amide bonds. The van der Waals surface area contributed by atoms with Crippen molar-refractivity contribution >= 4 is 23.2 Å². The topological polar surface area (TPSA) is 103 Å². The molecule has 0 saturated heterocycles. The maximum Gasteiger partial charge on any atom is 0.311 e. The Labute approximate surface area is 191 Å². The zero-order valence-electron chi connectivity index (χ0n) is 18.7. The zero-order chi connectivity index (χ0) is 23.3. The molecule has 0 fully saturated rings. The molecule has 0 aliphatic heterocycles. The van der Waals surface area contributed by atoms with E-state index in [1.54, 1.807) is 6.92 Å². The summed E-state index contributed by atoms with van der Waals surface area (Å²) in [5.41, 5.74) is 2.17. The molecule has 2 heterocycles. The molecule has 8 nitrogen and oxygen atoms in total. The number of nitrogens with one attached hydrogen (secondary N) is 1. The zero-order valence-corrected chi connectivity index (χ0v) is 19.5. The van der Waals surface area contributed by atoms with E-state index >= 15 is 0 Å². The minimum Gasteiger partial charge on any atom is -0.493 e. The van der Waals surface area contributed by atoms with Gasteiger partial charge in [0, 0.05) is 24.2 Å². The van der Waals surface area contributed by atoms with Crippen LogP contribution >= 0.6 is 11.3 Å². The number of hydrogen-bond donors (Lipinski definition) is 1. The van der Waals surface area contributed by atoms with Crippen LogP contribution < -0.4 is 14.8 Å². The third kappa shape index (κ3) is 5.28. The van der Waals surface area contributed by atoms with E-state index in [0.717, 1.165) is 10.6 Å². The van der Waals surface area contributed by atoms with Gasteiger partial charge in [-0.25, -0.2) is 4.98 Å². The van der Waals surface area contributed by atoms with Gasteiger partial charge in [0.2, 0.25) is 5.75 Å². The summed E-state index contributed by atoms with van der Waals surface area (Å²) in [7, 11) is 1.43. The standard InChI is InChI=1S/C23H26N4O4S/c1-6-18(28)31-20-17(30-5)10-11-24-19(20)21(29)25-14(4)22-26-27-23(32-22)16-9-7-8-15(12-16)13(2)3/h7-14H,6H2,1-5H3,(H,25,29)/t14-/m0/s1. The van der Waals surface area contributed by atoms with Gasteiger partial charge < -0.3 is 14.8 Å². The van der Waals surface area contributed by atoms with Crippen LogP contribution in [0.2, 0.25) is 0 Å². The number of methoxy groups -OCH3 is 1. The molecule has 0 spiro atoms. The number of esters is 1. The Morgan fingerprint density at radius 1 is 1.16 bits per heavy atom. The van der Waals surface area contributed by atoms with Gasteiger partial charge in [-0.05, 0) is 24.5 Å². The average Bonchev–Trinajstić information content (AvgIpc) is 3.29. The Kier molecular flexibility index (Phi) is 7.53. The van der Waals surface area contributed by atoms with Crippen molar-refractivity contribution in [2.75, 3.05) is 7.11 Å². The summed E-state index contributed by atoms with van der Waals surface area (Å²) in [6.07, 6.45) is 1.58. The minimum atomic E-state index is -0.506. The monoisotopic (exact) mass is 454 g/mol. The smallest absolute Gasteiger partial charge is 0.311 e. The number of rotatable bonds is 8. The first kappa shape index (κ1) is 23.3. The van der Waals surface area contributed by atoms with Crippen molar-refractivity contribution in [2.24, 2.45) is 0 Å². The first-order valence-corrected chi connectivity index (χ1v) is 11.1. The van der Waals surface area contributed by atoms with Gasteiger partial charge in [-0.1, -0.05) is 50.3 Å². The van der Waals surface area contributed by atoms with Crippen molar-refractivity contribution in [1.29, 1.82) is 0 Å². The summed E-state index contributed by atoms with van der Waals surface area (Å²) in [5.74, 6) is -0.339. The molecule has 3 aromatic rings. The molecule has 0 saturated carbocycles. The number of benzene rings is 1. The molecule has 3 rings (SSSR count). The summed E-state index contributed by atoms with van der Waals surface area (Å²) in [6, 6.07) is 9.29. The predicted molar refractivity (Wildman–Crippen MR) is 122 cm³/mol. The molecule has 168 valence electrons. The van der Waals surface area contributed by atoms with Crippen LogP contribution in [-0.4, -0.2) is 34.2 Å². The molecule has 0 aliphatic carbocycles. The van der Waals surface area contributed by atoms with E-state index in [4.69, 9.17) is 9.47 Å². The lowest BCUT2D eigenvalue weighted by atomic mass is 10.0. The fourth-order valence-corrected chi connectivity index (χ4v) is 3.76. The number of pyridine rings is 1. The molecule has 0 unspecified atom stereocenters. The second-order valence-corrected chi connectivity index (χ2v) is 8.45. The Hall–Kier alpha value is -3.33. The lowest BCUT2D eigenvalue weighted by Gasteiger charge is -2.14. The minimum absolute atomic E-state index is 0.00463. The molecule has 9 heteroatoms. The van der Waals surface area contributed by atoms with Crippen molar-refractivity contribution < 1.29 is 19.1 Å². The second kappa shape index (κ2) is 10.3. The van der Waals surface area contributed by atoms with Crippen molar-refractivity contribution in [1.82, 2.24) is 20.5 Å². The summed E-state index contributed by atoms with van der Waals surface area (Å²) in [6.45, 7) is 7.75. The Morgan fingerprint density at radius 2 is 1.94 bits per heavy atom. The van der Waals surface area contributed by atoms with Crippen LogP contribution in [0.25, 0.3) is 10.6 Å². The Balaban J connectivity index is 1.80. The fourth-order valence-electron chi connectivity index (χ4n) is 2.92. The van der Waals surface area contributed by atoms with E-state index in [9.17, 15) is 9.59 Å². The van der Waals surface area contributed by atoms with Gasteiger partial charge in [-0.2, -0.15) is 0 Å². The number of carbonyl (C=O) groups is 2. The van der Waals surface area contributed by atoms with Crippen LogP contribution in [0.4, 0.5) is 0 Å². The predicted octanol–water partition coefficient (Wildman–Crippen LogP) is 4.54. The largest absolute Gasteiger partial charge is 0.493 e. The normalized spacial score (nSPS) is 11.8. The van der Waals surface area contributed by atoms with Crippen LogP contribution in [-0.2, 0) is 4.79 Å². The molecule has 0 radical (unpaired) electrons. The van der Waals surface area contributed by atoms with Crippen molar-refractivity contribution in [3.05, 3.63) is 52.8 Å². The third-order valence-electron chi connectivity index (χ3n) is 4.77. The molecular weight excluding hydrogens is 428 g/mol. The molecule has 0 aliphatic rings. The van der Waals surface area contributed by atoms with Gasteiger partial charge in [0.1, 0.15) is 10.0 Å². The van der Waals surface area contributed by atoms with Gasteiger partial charge in [0.25, 0.3) is 5.91 Å². The van der Waals surface area contributed by atoms with E-state index in [1.807, 2.05) is 19.1 Å². The van der Waals surface area contributed by atoms with E-state index < -0.39 is 17.9 Å². The average molecular weight is 455 g/mol. The number of ether oxygens (including phenoxy) is 2. The van der Waals surface area contributed by atoms with E-state index in [1.165, 1.54) is 36.3 Å². The highest BCUT2D eigenvalue weighted by molar-refractivity contribution is 7.14. The maximum atomic E-state index is 12.9. The van der Waals surface area contributed by atoms with E-state index in [2.05, 4.69) is 46.5 Å². The number of hydrogen-bond acceptors (Lipinski definition) is 8. The van der Waals surface area contributed by atoms with Gasteiger partial charge >= 0.3 is 5.97 Å². The van der Waals surface area contributed by atoms with Crippen LogP contribution in [0.15, 0.2) is 36.5 Å². The highest BCUT2D eigenvalue weighted by atomic mass is 32.1. The van der Waals surface area contributed by atoms with Crippen LogP contribution in [0.1, 0.15) is 67.1 Å². The first-order valence-electron chi connectivity index (χ1n) is 10.3. The number of aromatic nitrogens is 3. The quantitative estimate of drug-likeness (QED) is 0.498. The van der Waals surface area contributed by atoms with Crippen molar-refractivity contribution in [2.45, 2.75) is 46.1 Å².